The minimum Gasteiger partial charge on any atom is -0.375 e. The van der Waals surface area contributed by atoms with Crippen LogP contribution in [-0.4, -0.2) is 25.3 Å². The Bertz CT molecular complexity index is 189. The van der Waals surface area contributed by atoms with Gasteiger partial charge in [0.2, 0.25) is 0 Å². The van der Waals surface area contributed by atoms with E-state index >= 15 is 0 Å². The topological polar surface area (TPSA) is 21.3 Å². The van der Waals surface area contributed by atoms with Gasteiger partial charge < -0.3 is 10.1 Å². The fourth-order valence-electron chi connectivity index (χ4n) is 2.92. The van der Waals surface area contributed by atoms with Crippen molar-refractivity contribution in [3.8, 4) is 0 Å². The highest BCUT2D eigenvalue weighted by molar-refractivity contribution is 5.06. The van der Waals surface area contributed by atoms with E-state index in [1.54, 1.807) is 0 Å². The van der Waals surface area contributed by atoms with E-state index in [1.165, 1.54) is 19.3 Å². The predicted molar refractivity (Wildman–Crippen MR) is 65.1 cm³/mol. The minimum absolute atomic E-state index is 0.387. The Balaban J connectivity index is 2.60. The van der Waals surface area contributed by atoms with E-state index in [9.17, 15) is 0 Å². The summed E-state index contributed by atoms with van der Waals surface area (Å²) in [6.07, 6.45) is 5.61. The first-order valence-corrected chi connectivity index (χ1v) is 6.47. The second-order valence-electron chi connectivity index (χ2n) is 4.86. The molecule has 0 aromatic rings. The van der Waals surface area contributed by atoms with Crippen molar-refractivity contribution >= 4 is 0 Å². The lowest BCUT2D eigenvalue weighted by molar-refractivity contribution is -0.162. The number of hydrogen-bond acceptors (Lipinski definition) is 2. The first kappa shape index (κ1) is 13.0. The predicted octanol–water partition coefficient (Wildman–Crippen LogP) is 2.97. The van der Waals surface area contributed by atoms with Gasteiger partial charge in [0.15, 0.2) is 0 Å². The van der Waals surface area contributed by atoms with Crippen LogP contribution in [0.25, 0.3) is 0 Å². The van der Waals surface area contributed by atoms with Gasteiger partial charge in [0.25, 0.3) is 0 Å². The summed E-state index contributed by atoms with van der Waals surface area (Å²) in [5, 5.41) is 3.44. The highest BCUT2D eigenvalue weighted by atomic mass is 16.5. The van der Waals surface area contributed by atoms with Crippen molar-refractivity contribution in [1.29, 1.82) is 0 Å². The molecular weight excluding hydrogens is 186 g/mol. The van der Waals surface area contributed by atoms with E-state index in [4.69, 9.17) is 4.74 Å². The lowest BCUT2D eigenvalue weighted by Gasteiger charge is -2.56. The van der Waals surface area contributed by atoms with Gasteiger partial charge in [-0.2, -0.15) is 0 Å². The average Bonchev–Trinajstić information content (AvgIpc) is 2.25. The quantitative estimate of drug-likeness (QED) is 0.732. The molecule has 3 atom stereocenters. The monoisotopic (exact) mass is 213 g/mol. The highest BCUT2D eigenvalue weighted by Crippen LogP contribution is 2.49. The molecule has 1 aliphatic rings. The van der Waals surface area contributed by atoms with E-state index < -0.39 is 0 Å². The molecular formula is C13H27NO. The van der Waals surface area contributed by atoms with Gasteiger partial charge in [0.1, 0.15) is 0 Å². The first-order valence-electron chi connectivity index (χ1n) is 6.47. The van der Waals surface area contributed by atoms with Crippen molar-refractivity contribution < 1.29 is 4.74 Å². The molecule has 1 rings (SSSR count). The van der Waals surface area contributed by atoms with Crippen LogP contribution in [0.5, 0.6) is 0 Å². The molecule has 1 saturated carbocycles. The molecule has 0 aliphatic heterocycles. The molecule has 0 bridgehead atoms. The third-order valence-corrected chi connectivity index (χ3v) is 4.42. The zero-order chi connectivity index (χ0) is 11.5. The molecule has 2 heteroatoms. The Labute approximate surface area is 94.8 Å². The Morgan fingerprint density at radius 3 is 2.33 bits per heavy atom. The molecule has 2 nitrogen and oxygen atoms in total. The van der Waals surface area contributed by atoms with Crippen molar-refractivity contribution in [2.45, 2.75) is 71.6 Å². The van der Waals surface area contributed by atoms with Gasteiger partial charge in [-0.05, 0) is 39.7 Å². The molecule has 0 radical (unpaired) electrons. The maximum Gasteiger partial charge on any atom is 0.0664 e. The standard InChI is InChI=1S/C13H27NO/c1-6-10(4)15-12-9-11(14-5)13(12,7-2)8-3/h10-12,14H,6-9H2,1-5H3. The molecule has 0 aromatic heterocycles. The highest BCUT2D eigenvalue weighted by Gasteiger charge is 2.52. The van der Waals surface area contributed by atoms with Crippen LogP contribution < -0.4 is 5.32 Å². The summed E-state index contributed by atoms with van der Waals surface area (Å²) >= 11 is 0. The second-order valence-corrected chi connectivity index (χ2v) is 4.86. The van der Waals surface area contributed by atoms with Crippen LogP contribution in [0.3, 0.4) is 0 Å². The van der Waals surface area contributed by atoms with Crippen molar-refractivity contribution in [3.63, 3.8) is 0 Å². The van der Waals surface area contributed by atoms with Crippen molar-refractivity contribution in [3.05, 3.63) is 0 Å². The van der Waals surface area contributed by atoms with Crippen LogP contribution in [0.15, 0.2) is 0 Å². The lowest BCUT2D eigenvalue weighted by atomic mass is 9.58. The van der Waals surface area contributed by atoms with Crippen LogP contribution in [0, 0.1) is 5.41 Å². The van der Waals surface area contributed by atoms with Crippen LogP contribution in [0.1, 0.15) is 53.4 Å². The van der Waals surface area contributed by atoms with Crippen LogP contribution >= 0.6 is 0 Å². The molecule has 0 heterocycles. The number of rotatable bonds is 6. The Hall–Kier alpha value is -0.0800. The summed E-state index contributed by atoms with van der Waals surface area (Å²) < 4.78 is 6.13. The molecule has 90 valence electrons. The van der Waals surface area contributed by atoms with Crippen LogP contribution in [0.2, 0.25) is 0 Å². The molecule has 0 spiro atoms. The van der Waals surface area contributed by atoms with Gasteiger partial charge >= 0.3 is 0 Å². The van der Waals surface area contributed by atoms with Crippen LogP contribution in [0.4, 0.5) is 0 Å². The summed E-state index contributed by atoms with van der Waals surface area (Å²) in [4.78, 5) is 0. The van der Waals surface area contributed by atoms with E-state index in [0.29, 0.717) is 23.7 Å². The fraction of sp³-hybridized carbons (Fsp3) is 1.00. The summed E-state index contributed by atoms with van der Waals surface area (Å²) in [7, 11) is 2.07. The van der Waals surface area contributed by atoms with Gasteiger partial charge in [-0.1, -0.05) is 20.8 Å². The fourth-order valence-corrected chi connectivity index (χ4v) is 2.92. The van der Waals surface area contributed by atoms with Gasteiger partial charge in [0.05, 0.1) is 12.2 Å². The summed E-state index contributed by atoms with van der Waals surface area (Å²) in [5.74, 6) is 0. The van der Waals surface area contributed by atoms with Crippen molar-refractivity contribution in [2.75, 3.05) is 7.05 Å². The van der Waals surface area contributed by atoms with Gasteiger partial charge in [-0.3, -0.25) is 0 Å². The maximum absolute atomic E-state index is 6.13. The van der Waals surface area contributed by atoms with Crippen LogP contribution in [-0.2, 0) is 4.74 Å². The zero-order valence-electron chi connectivity index (χ0n) is 11.0. The van der Waals surface area contributed by atoms with Gasteiger partial charge in [0, 0.05) is 11.5 Å². The third kappa shape index (κ3) is 2.21. The van der Waals surface area contributed by atoms with Crippen molar-refractivity contribution in [1.82, 2.24) is 5.32 Å². The summed E-state index contributed by atoms with van der Waals surface area (Å²) in [6, 6.07) is 0.654. The molecule has 1 fully saturated rings. The van der Waals surface area contributed by atoms with E-state index in [-0.39, 0.29) is 0 Å². The number of ether oxygens (including phenoxy) is 1. The molecule has 0 saturated heterocycles. The van der Waals surface area contributed by atoms with Gasteiger partial charge in [-0.25, -0.2) is 0 Å². The number of nitrogens with one attached hydrogen (secondary N) is 1. The normalized spacial score (nSPS) is 31.0. The number of hydrogen-bond donors (Lipinski definition) is 1. The Morgan fingerprint density at radius 2 is 1.93 bits per heavy atom. The Kier molecular flexibility index (Phi) is 4.60. The minimum atomic E-state index is 0.387. The van der Waals surface area contributed by atoms with Gasteiger partial charge in [-0.15, -0.1) is 0 Å². The largest absolute Gasteiger partial charge is 0.375 e. The second kappa shape index (κ2) is 5.31. The first-order chi connectivity index (χ1) is 7.14. The lowest BCUT2D eigenvalue weighted by Crippen LogP contribution is -2.63. The van der Waals surface area contributed by atoms with E-state index in [2.05, 4.69) is 40.1 Å². The Morgan fingerprint density at radius 1 is 1.33 bits per heavy atom. The zero-order valence-corrected chi connectivity index (χ0v) is 11.0. The molecule has 15 heavy (non-hydrogen) atoms. The van der Waals surface area contributed by atoms with E-state index in [1.807, 2.05) is 0 Å². The molecule has 1 N–H and O–H groups in total. The third-order valence-electron chi connectivity index (χ3n) is 4.42. The smallest absolute Gasteiger partial charge is 0.0664 e. The molecule has 0 aromatic carbocycles. The maximum atomic E-state index is 6.13. The van der Waals surface area contributed by atoms with E-state index in [0.717, 1.165) is 6.42 Å². The molecule has 1 aliphatic carbocycles. The average molecular weight is 213 g/mol. The summed E-state index contributed by atoms with van der Waals surface area (Å²) in [6.45, 7) is 8.96. The summed E-state index contributed by atoms with van der Waals surface area (Å²) in [5.41, 5.74) is 0.387. The SMILES string of the molecule is CCC(C)OC1CC(NC)C1(CC)CC. The van der Waals surface area contributed by atoms with Crippen molar-refractivity contribution in [2.24, 2.45) is 5.41 Å². The molecule has 0 amide bonds. The molecule has 3 unspecified atom stereocenters.